The van der Waals surface area contributed by atoms with Gasteiger partial charge < -0.3 is 15.0 Å². The Morgan fingerprint density at radius 2 is 1.73 bits per heavy atom. The van der Waals surface area contributed by atoms with Crippen LogP contribution >= 0.6 is 0 Å². The van der Waals surface area contributed by atoms with Gasteiger partial charge in [-0.2, -0.15) is 0 Å². The molecule has 3 amide bonds. The Balaban J connectivity index is 1.34. The van der Waals surface area contributed by atoms with Gasteiger partial charge in [-0.15, -0.1) is 0 Å². The van der Waals surface area contributed by atoms with Crippen molar-refractivity contribution in [1.82, 2.24) is 10.2 Å². The van der Waals surface area contributed by atoms with Crippen molar-refractivity contribution in [2.45, 2.75) is 38.8 Å². The molecule has 0 radical (unpaired) electrons. The van der Waals surface area contributed by atoms with Crippen LogP contribution < -0.4 is 15.0 Å². The minimum absolute atomic E-state index is 0.00477. The smallest absolute Gasteiger partial charge is 0.324 e. The van der Waals surface area contributed by atoms with Crippen molar-refractivity contribution in [2.75, 3.05) is 24.5 Å². The lowest BCUT2D eigenvalue weighted by atomic mass is 9.96. The normalized spacial score (nSPS) is 19.0. The summed E-state index contributed by atoms with van der Waals surface area (Å²) in [5.74, 6) is 0.797. The lowest BCUT2D eigenvalue weighted by Gasteiger charge is -2.39. The van der Waals surface area contributed by atoms with E-state index < -0.39 is 0 Å². The zero-order chi connectivity index (χ0) is 20.9. The van der Waals surface area contributed by atoms with Gasteiger partial charge in [-0.1, -0.05) is 49.4 Å². The van der Waals surface area contributed by atoms with Gasteiger partial charge in [0.15, 0.2) is 0 Å². The maximum atomic E-state index is 13.3. The number of fused-ring (bicyclic) bond motifs is 1. The number of piperidine rings is 1. The van der Waals surface area contributed by atoms with Crippen LogP contribution in [0.15, 0.2) is 54.6 Å². The van der Waals surface area contributed by atoms with E-state index in [0.717, 1.165) is 23.4 Å². The van der Waals surface area contributed by atoms with Crippen molar-refractivity contribution in [3.8, 4) is 5.75 Å². The third-order valence-electron chi connectivity index (χ3n) is 5.97. The molecular formula is C24H29N3O3. The summed E-state index contributed by atoms with van der Waals surface area (Å²) in [6, 6.07) is 17.6. The number of para-hydroxylation sites is 2. The fourth-order valence-electron chi connectivity index (χ4n) is 4.13. The number of nitrogens with zero attached hydrogens (tertiary/aromatic N) is 2. The predicted molar refractivity (Wildman–Crippen MR) is 116 cm³/mol. The first-order chi connectivity index (χ1) is 14.7. The van der Waals surface area contributed by atoms with Gasteiger partial charge in [0.25, 0.3) is 0 Å². The average Bonchev–Trinajstić information content (AvgIpc) is 2.82. The van der Waals surface area contributed by atoms with Gasteiger partial charge in [0.2, 0.25) is 5.91 Å². The molecule has 1 fully saturated rings. The number of hydrogen-bond donors (Lipinski definition) is 1. The fourth-order valence-corrected chi connectivity index (χ4v) is 4.13. The Labute approximate surface area is 177 Å². The number of rotatable bonds is 4. The second kappa shape index (κ2) is 9.20. The molecule has 6 heteroatoms. The van der Waals surface area contributed by atoms with Gasteiger partial charge in [0, 0.05) is 25.6 Å². The highest BCUT2D eigenvalue weighted by Gasteiger charge is 2.34. The van der Waals surface area contributed by atoms with E-state index in [0.29, 0.717) is 39.0 Å². The van der Waals surface area contributed by atoms with E-state index in [2.05, 4.69) is 12.2 Å². The van der Waals surface area contributed by atoms with E-state index in [4.69, 9.17) is 4.74 Å². The summed E-state index contributed by atoms with van der Waals surface area (Å²) in [5.41, 5.74) is 1.92. The van der Waals surface area contributed by atoms with Gasteiger partial charge in [-0.05, 0) is 37.0 Å². The van der Waals surface area contributed by atoms with Crippen LogP contribution in [0.1, 0.15) is 31.7 Å². The Morgan fingerprint density at radius 3 is 2.47 bits per heavy atom. The highest BCUT2D eigenvalue weighted by Crippen LogP contribution is 2.35. The Morgan fingerprint density at radius 1 is 1.03 bits per heavy atom. The van der Waals surface area contributed by atoms with E-state index in [1.807, 2.05) is 64.4 Å². The molecule has 1 saturated heterocycles. The molecule has 2 heterocycles. The van der Waals surface area contributed by atoms with Gasteiger partial charge >= 0.3 is 6.03 Å². The number of hydrogen-bond acceptors (Lipinski definition) is 3. The van der Waals surface area contributed by atoms with Crippen LogP contribution in [0.5, 0.6) is 5.75 Å². The maximum absolute atomic E-state index is 13.3. The quantitative estimate of drug-likeness (QED) is 0.838. The Hall–Kier alpha value is -3.02. The Bertz CT molecular complexity index is 878. The third-order valence-corrected chi connectivity index (χ3v) is 5.97. The van der Waals surface area contributed by atoms with E-state index in [9.17, 15) is 9.59 Å². The number of nitrogens with one attached hydrogen (secondary N) is 1. The van der Waals surface area contributed by atoms with Crippen molar-refractivity contribution in [3.63, 3.8) is 0 Å². The van der Waals surface area contributed by atoms with Gasteiger partial charge in [-0.3, -0.25) is 9.69 Å². The number of amides is 3. The molecule has 0 aromatic heterocycles. The molecule has 0 unspecified atom stereocenters. The van der Waals surface area contributed by atoms with Crippen LogP contribution in [0, 0.1) is 5.92 Å². The lowest BCUT2D eigenvalue weighted by molar-refractivity contribution is -0.126. The number of anilines is 1. The highest BCUT2D eigenvalue weighted by molar-refractivity contribution is 5.94. The SMILES string of the molecule is CC[C@H]1CN(C(=O)N2CCC(C(=O)NCc3ccccc3)CC2)c2ccccc2O1. The topological polar surface area (TPSA) is 61.9 Å². The molecule has 1 atom stereocenters. The molecule has 0 saturated carbocycles. The summed E-state index contributed by atoms with van der Waals surface area (Å²) in [7, 11) is 0. The number of likely N-dealkylation sites (tertiary alicyclic amines) is 1. The molecular weight excluding hydrogens is 378 g/mol. The standard InChI is InChI=1S/C24H29N3O3/c1-2-20-17-27(21-10-6-7-11-22(21)30-20)24(29)26-14-12-19(13-15-26)23(28)25-16-18-8-4-3-5-9-18/h3-11,19-20H,2,12-17H2,1H3,(H,25,28)/t20-/m0/s1. The molecule has 6 nitrogen and oxygen atoms in total. The van der Waals surface area contributed by atoms with E-state index in [1.165, 1.54) is 0 Å². The Kier molecular flexibility index (Phi) is 6.21. The molecule has 2 aliphatic heterocycles. The second-order valence-corrected chi connectivity index (χ2v) is 7.97. The first-order valence-electron chi connectivity index (χ1n) is 10.8. The minimum atomic E-state index is -0.0434. The molecule has 0 spiro atoms. The molecule has 158 valence electrons. The lowest BCUT2D eigenvalue weighted by Crippen LogP contribution is -2.52. The van der Waals surface area contributed by atoms with Crippen molar-refractivity contribution in [3.05, 3.63) is 60.2 Å². The monoisotopic (exact) mass is 407 g/mol. The number of urea groups is 1. The third kappa shape index (κ3) is 4.42. The zero-order valence-corrected chi connectivity index (χ0v) is 17.4. The molecule has 2 aromatic carbocycles. The number of carbonyl (C=O) groups is 2. The number of carbonyl (C=O) groups excluding carboxylic acids is 2. The van der Waals surface area contributed by atoms with Crippen molar-refractivity contribution in [2.24, 2.45) is 5.92 Å². The minimum Gasteiger partial charge on any atom is -0.486 e. The van der Waals surface area contributed by atoms with Gasteiger partial charge in [0.1, 0.15) is 11.9 Å². The maximum Gasteiger partial charge on any atom is 0.324 e. The van der Waals surface area contributed by atoms with Crippen molar-refractivity contribution < 1.29 is 14.3 Å². The van der Waals surface area contributed by atoms with Crippen LogP contribution in [0.25, 0.3) is 0 Å². The summed E-state index contributed by atoms with van der Waals surface area (Å²) in [6.45, 7) is 4.36. The van der Waals surface area contributed by atoms with E-state index in [1.54, 1.807) is 0 Å². The fraction of sp³-hybridized carbons (Fsp3) is 0.417. The van der Waals surface area contributed by atoms with E-state index >= 15 is 0 Å². The molecule has 4 rings (SSSR count). The number of benzene rings is 2. The summed E-state index contributed by atoms with van der Waals surface area (Å²) < 4.78 is 6.00. The summed E-state index contributed by atoms with van der Waals surface area (Å²) in [6.07, 6.45) is 2.23. The van der Waals surface area contributed by atoms with Crippen LogP contribution in [-0.4, -0.2) is 42.6 Å². The van der Waals surface area contributed by atoms with Crippen molar-refractivity contribution >= 4 is 17.6 Å². The van der Waals surface area contributed by atoms with Gasteiger partial charge in [-0.25, -0.2) is 4.79 Å². The predicted octanol–water partition coefficient (Wildman–Crippen LogP) is 3.81. The number of ether oxygens (including phenoxy) is 1. The molecule has 30 heavy (non-hydrogen) atoms. The van der Waals surface area contributed by atoms with Crippen LogP contribution in [-0.2, 0) is 11.3 Å². The molecule has 0 aliphatic carbocycles. The molecule has 2 aliphatic rings. The van der Waals surface area contributed by atoms with Crippen molar-refractivity contribution in [1.29, 1.82) is 0 Å². The first kappa shape index (κ1) is 20.3. The second-order valence-electron chi connectivity index (χ2n) is 7.97. The van der Waals surface area contributed by atoms with Gasteiger partial charge in [0.05, 0.1) is 12.2 Å². The molecule has 0 bridgehead atoms. The molecule has 1 N–H and O–H groups in total. The van der Waals surface area contributed by atoms with E-state index in [-0.39, 0.29) is 24.0 Å². The highest BCUT2D eigenvalue weighted by atomic mass is 16.5. The van der Waals surface area contributed by atoms with Crippen LogP contribution in [0.2, 0.25) is 0 Å². The largest absolute Gasteiger partial charge is 0.486 e. The molecule has 2 aromatic rings. The summed E-state index contributed by atoms with van der Waals surface area (Å²) in [5, 5.41) is 3.03. The van der Waals surface area contributed by atoms with Crippen LogP contribution in [0.4, 0.5) is 10.5 Å². The summed E-state index contributed by atoms with van der Waals surface area (Å²) >= 11 is 0. The van der Waals surface area contributed by atoms with Crippen LogP contribution in [0.3, 0.4) is 0 Å². The average molecular weight is 408 g/mol. The summed E-state index contributed by atoms with van der Waals surface area (Å²) in [4.78, 5) is 29.5. The first-order valence-corrected chi connectivity index (χ1v) is 10.8. The zero-order valence-electron chi connectivity index (χ0n) is 17.4.